The monoisotopic (exact) mass is 386 g/mol. The molecular formula is C25H22O4. The number of ether oxygens (including phenoxy) is 2. The van der Waals surface area contributed by atoms with Gasteiger partial charge in [0.25, 0.3) is 0 Å². The van der Waals surface area contributed by atoms with Crippen molar-refractivity contribution in [2.75, 3.05) is 7.11 Å². The number of allylic oxidation sites excluding steroid dienone is 1. The average molecular weight is 386 g/mol. The van der Waals surface area contributed by atoms with Gasteiger partial charge in [-0.2, -0.15) is 0 Å². The third kappa shape index (κ3) is 2.97. The number of esters is 1. The fraction of sp³-hybridized carbons (Fsp3) is 0.160. The molecule has 2 atom stereocenters. The summed E-state index contributed by atoms with van der Waals surface area (Å²) in [5.74, 6) is -2.23. The molecule has 146 valence electrons. The van der Waals surface area contributed by atoms with Gasteiger partial charge in [-0.05, 0) is 23.6 Å². The van der Waals surface area contributed by atoms with Crippen LogP contribution in [0.15, 0.2) is 96.6 Å². The number of hydrogen-bond donors (Lipinski definition) is 1. The van der Waals surface area contributed by atoms with Gasteiger partial charge in [-0.1, -0.05) is 91.0 Å². The minimum absolute atomic E-state index is 0.281. The Labute approximate surface area is 170 Å². The highest BCUT2D eigenvalue weighted by Gasteiger charge is 2.75. The van der Waals surface area contributed by atoms with Gasteiger partial charge in [0.1, 0.15) is 0 Å². The molecule has 0 radical (unpaired) electrons. The predicted molar refractivity (Wildman–Crippen MR) is 111 cm³/mol. The number of carbonyl (C=O) groups is 1. The Bertz CT molecular complexity index is 1040. The van der Waals surface area contributed by atoms with Crippen LogP contribution in [0, 0.1) is 0 Å². The van der Waals surface area contributed by atoms with E-state index in [0.29, 0.717) is 16.7 Å². The molecule has 1 aliphatic heterocycles. The van der Waals surface area contributed by atoms with Crippen LogP contribution in [0.25, 0.3) is 5.57 Å². The van der Waals surface area contributed by atoms with E-state index in [2.05, 4.69) is 0 Å². The van der Waals surface area contributed by atoms with E-state index in [1.54, 1.807) is 12.1 Å². The zero-order valence-corrected chi connectivity index (χ0v) is 16.3. The third-order valence-electron chi connectivity index (χ3n) is 5.41. The number of benzene rings is 3. The molecule has 0 spiro atoms. The van der Waals surface area contributed by atoms with Crippen LogP contribution in [0.5, 0.6) is 0 Å². The van der Waals surface area contributed by atoms with E-state index in [1.165, 1.54) is 7.11 Å². The van der Waals surface area contributed by atoms with E-state index in [9.17, 15) is 9.90 Å². The van der Waals surface area contributed by atoms with Crippen LogP contribution in [0.4, 0.5) is 0 Å². The lowest BCUT2D eigenvalue weighted by Crippen LogP contribution is -2.30. The van der Waals surface area contributed by atoms with Crippen molar-refractivity contribution in [2.45, 2.75) is 18.3 Å². The van der Waals surface area contributed by atoms with Crippen LogP contribution in [0.2, 0.25) is 0 Å². The van der Waals surface area contributed by atoms with Crippen LogP contribution in [-0.4, -0.2) is 18.2 Å². The molecule has 1 heterocycles. The first-order valence-corrected chi connectivity index (χ1v) is 9.43. The summed E-state index contributed by atoms with van der Waals surface area (Å²) in [6.45, 7) is 1.85. The summed E-state index contributed by atoms with van der Waals surface area (Å²) in [5.41, 5.74) is 1.71. The molecule has 0 bridgehead atoms. The van der Waals surface area contributed by atoms with Crippen LogP contribution >= 0.6 is 0 Å². The molecule has 0 amide bonds. The summed E-state index contributed by atoms with van der Waals surface area (Å²) in [6, 6.07) is 28.0. The summed E-state index contributed by atoms with van der Waals surface area (Å²) in [6.07, 6.45) is 0. The van der Waals surface area contributed by atoms with Crippen molar-refractivity contribution in [2.24, 2.45) is 0 Å². The Morgan fingerprint density at radius 3 is 1.83 bits per heavy atom. The Morgan fingerprint density at radius 2 is 1.31 bits per heavy atom. The molecule has 1 fully saturated rings. The van der Waals surface area contributed by atoms with E-state index < -0.39 is 17.4 Å². The number of hydrogen-bond acceptors (Lipinski definition) is 4. The van der Waals surface area contributed by atoms with Gasteiger partial charge in [0, 0.05) is 5.56 Å². The number of rotatable bonds is 5. The molecule has 4 nitrogen and oxygen atoms in total. The fourth-order valence-corrected chi connectivity index (χ4v) is 3.91. The normalized spacial score (nSPS) is 23.8. The molecule has 0 saturated carbocycles. The minimum Gasteiger partial charge on any atom is -0.466 e. The van der Waals surface area contributed by atoms with Crippen molar-refractivity contribution >= 4 is 11.5 Å². The zero-order valence-electron chi connectivity index (χ0n) is 16.3. The smallest absolute Gasteiger partial charge is 0.337 e. The largest absolute Gasteiger partial charge is 0.466 e. The van der Waals surface area contributed by atoms with Gasteiger partial charge >= 0.3 is 5.97 Å². The SMILES string of the molecule is COC(=O)/C(=C(\C)c1ccccc1)C1(c2ccccc2)OC1(O)c1ccccc1. The first-order valence-electron chi connectivity index (χ1n) is 9.43. The molecular weight excluding hydrogens is 364 g/mol. The van der Waals surface area contributed by atoms with Crippen LogP contribution in [0.1, 0.15) is 23.6 Å². The number of carbonyl (C=O) groups excluding carboxylic acids is 1. The summed E-state index contributed by atoms with van der Waals surface area (Å²) in [4.78, 5) is 13.0. The Morgan fingerprint density at radius 1 is 0.828 bits per heavy atom. The van der Waals surface area contributed by atoms with Crippen molar-refractivity contribution in [1.82, 2.24) is 0 Å². The molecule has 1 saturated heterocycles. The van der Waals surface area contributed by atoms with Crippen molar-refractivity contribution in [1.29, 1.82) is 0 Å². The molecule has 3 aromatic carbocycles. The highest BCUT2D eigenvalue weighted by atomic mass is 16.8. The summed E-state index contributed by atoms with van der Waals surface area (Å²) < 4.78 is 11.2. The van der Waals surface area contributed by atoms with Crippen molar-refractivity contribution in [3.63, 3.8) is 0 Å². The van der Waals surface area contributed by atoms with Gasteiger partial charge in [0.15, 0.2) is 5.60 Å². The lowest BCUT2D eigenvalue weighted by molar-refractivity contribution is -0.136. The van der Waals surface area contributed by atoms with E-state index in [1.807, 2.05) is 85.8 Å². The van der Waals surface area contributed by atoms with Gasteiger partial charge in [0.05, 0.1) is 12.7 Å². The predicted octanol–water partition coefficient (Wildman–Crippen LogP) is 4.40. The minimum atomic E-state index is -1.69. The Balaban J connectivity index is 2.00. The molecule has 1 aliphatic rings. The van der Waals surface area contributed by atoms with E-state index in [4.69, 9.17) is 9.47 Å². The summed E-state index contributed by atoms with van der Waals surface area (Å²) in [7, 11) is 1.34. The molecule has 29 heavy (non-hydrogen) atoms. The number of aliphatic hydroxyl groups is 1. The highest BCUT2D eigenvalue weighted by Crippen LogP contribution is 2.65. The maximum absolute atomic E-state index is 13.0. The van der Waals surface area contributed by atoms with Gasteiger partial charge in [-0.3, -0.25) is 0 Å². The molecule has 4 rings (SSSR count). The van der Waals surface area contributed by atoms with E-state index >= 15 is 0 Å². The first-order chi connectivity index (χ1) is 14.0. The van der Waals surface area contributed by atoms with E-state index in [-0.39, 0.29) is 5.57 Å². The molecule has 2 unspecified atom stereocenters. The highest BCUT2D eigenvalue weighted by molar-refractivity contribution is 6.00. The molecule has 4 heteroatoms. The molecule has 1 N–H and O–H groups in total. The standard InChI is InChI=1S/C25H22O4/c1-18(19-12-6-3-7-13-19)22(23(26)28-2)24(20-14-8-4-9-15-20)25(27,29-24)21-16-10-5-11-17-21/h3-17,27H,1-2H3/b22-18-. The zero-order chi connectivity index (χ0) is 20.5. The maximum atomic E-state index is 13.0. The van der Waals surface area contributed by atoms with Crippen molar-refractivity contribution in [3.8, 4) is 0 Å². The average Bonchev–Trinajstić information content (AvgIpc) is 3.43. The first kappa shape index (κ1) is 19.1. The molecule has 0 aliphatic carbocycles. The topological polar surface area (TPSA) is 59.1 Å². The van der Waals surface area contributed by atoms with Crippen molar-refractivity contribution < 1.29 is 19.4 Å². The van der Waals surface area contributed by atoms with Crippen LogP contribution < -0.4 is 0 Å². The van der Waals surface area contributed by atoms with E-state index in [0.717, 1.165) is 5.56 Å². The second-order valence-corrected chi connectivity index (χ2v) is 7.02. The van der Waals surface area contributed by atoms with Crippen LogP contribution in [0.3, 0.4) is 0 Å². The summed E-state index contributed by atoms with van der Waals surface area (Å²) in [5, 5.41) is 11.6. The second kappa shape index (κ2) is 7.32. The van der Waals surface area contributed by atoms with Gasteiger partial charge < -0.3 is 14.6 Å². The fourth-order valence-electron chi connectivity index (χ4n) is 3.91. The van der Waals surface area contributed by atoms with Gasteiger partial charge in [-0.25, -0.2) is 4.79 Å². The van der Waals surface area contributed by atoms with Gasteiger partial charge in [-0.15, -0.1) is 0 Å². The number of epoxide rings is 1. The lowest BCUT2D eigenvalue weighted by Gasteiger charge is -2.21. The molecule has 3 aromatic rings. The maximum Gasteiger partial charge on any atom is 0.337 e. The van der Waals surface area contributed by atoms with Gasteiger partial charge in [0.2, 0.25) is 5.79 Å². The summed E-state index contributed by atoms with van der Waals surface area (Å²) >= 11 is 0. The third-order valence-corrected chi connectivity index (χ3v) is 5.41. The quantitative estimate of drug-likeness (QED) is 0.401. The Hall–Kier alpha value is -3.21. The Kier molecular flexibility index (Phi) is 4.82. The molecule has 0 aromatic heterocycles. The second-order valence-electron chi connectivity index (χ2n) is 7.02. The number of methoxy groups -OCH3 is 1. The van der Waals surface area contributed by atoms with Crippen molar-refractivity contribution in [3.05, 3.63) is 113 Å². The lowest BCUT2D eigenvalue weighted by atomic mass is 9.80. The van der Waals surface area contributed by atoms with Crippen LogP contribution in [-0.2, 0) is 25.7 Å².